The highest BCUT2D eigenvalue weighted by Crippen LogP contribution is 2.30. The largest absolute Gasteiger partial charge is 0.332 e. The number of hydrogen-bond acceptors (Lipinski definition) is 1. The van der Waals surface area contributed by atoms with Gasteiger partial charge in [0, 0.05) is 17.6 Å². The van der Waals surface area contributed by atoms with E-state index in [9.17, 15) is 4.79 Å². The van der Waals surface area contributed by atoms with Gasteiger partial charge in [-0.3, -0.25) is 4.79 Å². The molecule has 92 valence electrons. The molecule has 1 heterocycles. The zero-order chi connectivity index (χ0) is 12.5. The summed E-state index contributed by atoms with van der Waals surface area (Å²) in [6.45, 7) is 4.86. The number of amides is 1. The van der Waals surface area contributed by atoms with Crippen molar-refractivity contribution in [1.82, 2.24) is 4.90 Å². The number of piperidine rings is 1. The van der Waals surface area contributed by atoms with Gasteiger partial charge in [0.25, 0.3) is 5.91 Å². The van der Waals surface area contributed by atoms with Gasteiger partial charge in [-0.1, -0.05) is 18.2 Å². The number of carbonyl (C=O) groups is 1. The van der Waals surface area contributed by atoms with Crippen molar-refractivity contribution in [3.05, 3.63) is 35.9 Å². The number of halogens is 1. The molecule has 0 bridgehead atoms. The predicted molar refractivity (Wildman–Crippen MR) is 70.4 cm³/mol. The van der Waals surface area contributed by atoms with Crippen LogP contribution in [-0.2, 0) is 0 Å². The van der Waals surface area contributed by atoms with E-state index in [2.05, 4.69) is 13.8 Å². The van der Waals surface area contributed by atoms with Crippen molar-refractivity contribution < 1.29 is 4.79 Å². The second-order valence-corrected chi connectivity index (χ2v) is 5.85. The van der Waals surface area contributed by atoms with E-state index in [1.807, 2.05) is 35.2 Å². The Labute approximate surface area is 108 Å². The smallest absolute Gasteiger partial charge is 0.254 e. The molecule has 2 nitrogen and oxygen atoms in total. The molecule has 0 aliphatic carbocycles. The fourth-order valence-corrected chi connectivity index (χ4v) is 2.52. The summed E-state index contributed by atoms with van der Waals surface area (Å²) < 4.78 is 0. The van der Waals surface area contributed by atoms with E-state index in [1.165, 1.54) is 0 Å². The van der Waals surface area contributed by atoms with Gasteiger partial charge in [-0.25, -0.2) is 0 Å². The zero-order valence-electron chi connectivity index (χ0n) is 10.3. The Morgan fingerprint density at radius 1 is 1.35 bits per heavy atom. The number of alkyl halides is 1. The van der Waals surface area contributed by atoms with Crippen LogP contribution >= 0.6 is 11.6 Å². The van der Waals surface area contributed by atoms with Crippen LogP contribution in [0.2, 0.25) is 0 Å². The van der Waals surface area contributed by atoms with Crippen LogP contribution in [0.5, 0.6) is 0 Å². The van der Waals surface area contributed by atoms with E-state index in [0.29, 0.717) is 6.54 Å². The molecule has 1 aliphatic rings. The highest BCUT2D eigenvalue weighted by atomic mass is 35.5. The highest BCUT2D eigenvalue weighted by Gasteiger charge is 2.36. The SMILES string of the molecule is CC1(C)CCC(Cl)CN1C(=O)c1ccccc1. The van der Waals surface area contributed by atoms with Gasteiger partial charge in [0.15, 0.2) is 0 Å². The molecule has 1 fully saturated rings. The normalized spacial score (nSPS) is 23.5. The van der Waals surface area contributed by atoms with Crippen molar-refractivity contribution in [3.8, 4) is 0 Å². The number of nitrogens with zero attached hydrogens (tertiary/aromatic N) is 1. The van der Waals surface area contributed by atoms with Crippen molar-refractivity contribution in [1.29, 1.82) is 0 Å². The lowest BCUT2D eigenvalue weighted by Gasteiger charge is -2.44. The molecule has 1 atom stereocenters. The minimum Gasteiger partial charge on any atom is -0.332 e. The summed E-state index contributed by atoms with van der Waals surface area (Å²) in [4.78, 5) is 14.3. The second kappa shape index (κ2) is 4.69. The standard InChI is InChI=1S/C14H18ClNO/c1-14(2)9-8-12(15)10-16(14)13(17)11-6-4-3-5-7-11/h3-7,12H,8-10H2,1-2H3. The number of benzene rings is 1. The lowest BCUT2D eigenvalue weighted by Crippen LogP contribution is -2.53. The average molecular weight is 252 g/mol. The van der Waals surface area contributed by atoms with E-state index in [1.54, 1.807) is 0 Å². The molecule has 17 heavy (non-hydrogen) atoms. The molecule has 1 saturated heterocycles. The van der Waals surface area contributed by atoms with Gasteiger partial charge in [-0.05, 0) is 38.8 Å². The molecule has 3 heteroatoms. The van der Waals surface area contributed by atoms with E-state index >= 15 is 0 Å². The first-order valence-electron chi connectivity index (χ1n) is 6.02. The Morgan fingerprint density at radius 2 is 2.00 bits per heavy atom. The fraction of sp³-hybridized carbons (Fsp3) is 0.500. The molecule has 1 aromatic rings. The summed E-state index contributed by atoms with van der Waals surface area (Å²) in [6, 6.07) is 9.42. The predicted octanol–water partition coefficient (Wildman–Crippen LogP) is 3.31. The van der Waals surface area contributed by atoms with Crippen molar-refractivity contribution in [2.45, 2.75) is 37.6 Å². The molecular formula is C14H18ClNO. The maximum Gasteiger partial charge on any atom is 0.254 e. The summed E-state index contributed by atoms with van der Waals surface area (Å²) in [6.07, 6.45) is 1.94. The maximum absolute atomic E-state index is 12.4. The van der Waals surface area contributed by atoms with Gasteiger partial charge < -0.3 is 4.90 Å². The van der Waals surface area contributed by atoms with Crippen molar-refractivity contribution in [2.75, 3.05) is 6.54 Å². The quantitative estimate of drug-likeness (QED) is 0.702. The van der Waals surface area contributed by atoms with Gasteiger partial charge in [0.2, 0.25) is 0 Å². The molecular weight excluding hydrogens is 234 g/mol. The van der Waals surface area contributed by atoms with Crippen LogP contribution in [0.15, 0.2) is 30.3 Å². The third-order valence-electron chi connectivity index (χ3n) is 3.45. The van der Waals surface area contributed by atoms with Crippen molar-refractivity contribution in [3.63, 3.8) is 0 Å². The monoisotopic (exact) mass is 251 g/mol. The molecule has 0 N–H and O–H groups in total. The molecule has 2 rings (SSSR count). The Kier molecular flexibility index (Phi) is 3.43. The summed E-state index contributed by atoms with van der Waals surface area (Å²) in [5.74, 6) is 0.0842. The molecule has 1 aromatic carbocycles. The van der Waals surface area contributed by atoms with Crippen LogP contribution in [0.4, 0.5) is 0 Å². The Balaban J connectivity index is 2.23. The Bertz CT molecular complexity index is 402. The molecule has 1 unspecified atom stereocenters. The summed E-state index contributed by atoms with van der Waals surface area (Å²) in [5, 5.41) is 0.0793. The van der Waals surface area contributed by atoms with E-state index < -0.39 is 0 Å². The topological polar surface area (TPSA) is 20.3 Å². The summed E-state index contributed by atoms with van der Waals surface area (Å²) in [5.41, 5.74) is 0.643. The summed E-state index contributed by atoms with van der Waals surface area (Å²) >= 11 is 6.18. The number of rotatable bonds is 1. The number of likely N-dealkylation sites (tertiary alicyclic amines) is 1. The first kappa shape index (κ1) is 12.4. The maximum atomic E-state index is 12.4. The summed E-state index contributed by atoms with van der Waals surface area (Å²) in [7, 11) is 0. The third-order valence-corrected chi connectivity index (χ3v) is 3.80. The van der Waals surface area contributed by atoms with Crippen LogP contribution in [0.25, 0.3) is 0 Å². The van der Waals surface area contributed by atoms with E-state index in [4.69, 9.17) is 11.6 Å². The molecule has 0 aromatic heterocycles. The van der Waals surface area contributed by atoms with Gasteiger partial charge >= 0.3 is 0 Å². The van der Waals surface area contributed by atoms with Gasteiger partial charge in [-0.15, -0.1) is 11.6 Å². The van der Waals surface area contributed by atoms with Crippen molar-refractivity contribution >= 4 is 17.5 Å². The number of hydrogen-bond donors (Lipinski definition) is 0. The Hall–Kier alpha value is -1.02. The van der Waals surface area contributed by atoms with Crippen molar-refractivity contribution in [2.24, 2.45) is 0 Å². The highest BCUT2D eigenvalue weighted by molar-refractivity contribution is 6.21. The van der Waals surface area contributed by atoms with Gasteiger partial charge in [-0.2, -0.15) is 0 Å². The molecule has 0 radical (unpaired) electrons. The van der Waals surface area contributed by atoms with E-state index in [0.717, 1.165) is 18.4 Å². The zero-order valence-corrected chi connectivity index (χ0v) is 11.1. The van der Waals surface area contributed by atoms with Crippen LogP contribution in [0.3, 0.4) is 0 Å². The molecule has 0 spiro atoms. The van der Waals surface area contributed by atoms with Gasteiger partial charge in [0.05, 0.1) is 5.38 Å². The van der Waals surface area contributed by atoms with Crippen LogP contribution < -0.4 is 0 Å². The first-order chi connectivity index (χ1) is 8.00. The molecule has 1 amide bonds. The molecule has 0 saturated carbocycles. The number of carbonyl (C=O) groups excluding carboxylic acids is 1. The van der Waals surface area contributed by atoms with E-state index in [-0.39, 0.29) is 16.8 Å². The minimum atomic E-state index is -0.0989. The van der Waals surface area contributed by atoms with Crippen LogP contribution in [0, 0.1) is 0 Å². The minimum absolute atomic E-state index is 0.0793. The second-order valence-electron chi connectivity index (χ2n) is 5.23. The molecule has 1 aliphatic heterocycles. The fourth-order valence-electron chi connectivity index (χ4n) is 2.28. The Morgan fingerprint density at radius 3 is 2.65 bits per heavy atom. The average Bonchev–Trinajstić information content (AvgIpc) is 2.33. The first-order valence-corrected chi connectivity index (χ1v) is 6.45. The van der Waals surface area contributed by atoms with Crippen LogP contribution in [0.1, 0.15) is 37.0 Å². The van der Waals surface area contributed by atoms with Gasteiger partial charge in [0.1, 0.15) is 0 Å². The van der Waals surface area contributed by atoms with Crippen LogP contribution in [-0.4, -0.2) is 28.3 Å². The third kappa shape index (κ3) is 2.63. The lowest BCUT2D eigenvalue weighted by atomic mass is 9.89. The lowest BCUT2D eigenvalue weighted by molar-refractivity contribution is 0.0441.